The smallest absolute Gasteiger partial charge is 0.0755 e. The van der Waals surface area contributed by atoms with Crippen molar-refractivity contribution in [1.82, 2.24) is 0 Å². The van der Waals surface area contributed by atoms with Gasteiger partial charge in [-0.05, 0) is 24.8 Å². The third kappa shape index (κ3) is 7.60. The van der Waals surface area contributed by atoms with Gasteiger partial charge in [-0.1, -0.05) is 61.6 Å². The van der Waals surface area contributed by atoms with Crippen molar-refractivity contribution in [3.05, 3.63) is 60.2 Å². The highest BCUT2D eigenvalue weighted by atomic mass is 16.5. The maximum absolute atomic E-state index is 9.52. The molecule has 2 nitrogen and oxygen atoms in total. The summed E-state index contributed by atoms with van der Waals surface area (Å²) in [6, 6.07) is 10.2. The molecule has 1 aromatic rings. The zero-order chi connectivity index (χ0) is 13.9. The topological polar surface area (TPSA) is 29.5 Å². The second-order valence-corrected chi connectivity index (χ2v) is 4.73. The molecule has 0 radical (unpaired) electrons. The van der Waals surface area contributed by atoms with E-state index < -0.39 is 0 Å². The van der Waals surface area contributed by atoms with E-state index >= 15 is 0 Å². The molecule has 19 heavy (non-hydrogen) atoms. The van der Waals surface area contributed by atoms with Crippen molar-refractivity contribution in [3.8, 4) is 0 Å². The molecule has 0 unspecified atom stereocenters. The molecule has 2 heteroatoms. The molecule has 0 spiro atoms. The number of benzene rings is 1. The van der Waals surface area contributed by atoms with Crippen LogP contribution in [0.5, 0.6) is 0 Å². The average Bonchev–Trinajstić information content (AvgIpc) is 2.40. The second-order valence-electron chi connectivity index (χ2n) is 4.73. The maximum Gasteiger partial charge on any atom is 0.0755 e. The Bertz CT molecular complexity index is 382. The Morgan fingerprint density at radius 1 is 1.21 bits per heavy atom. The van der Waals surface area contributed by atoms with E-state index in [4.69, 9.17) is 4.74 Å². The molecule has 0 saturated carbocycles. The van der Waals surface area contributed by atoms with Crippen molar-refractivity contribution in [2.45, 2.75) is 33.0 Å². The molecule has 1 N–H and O–H groups in total. The van der Waals surface area contributed by atoms with E-state index in [1.54, 1.807) is 6.08 Å². The fraction of sp³-hybridized carbons (Fsp3) is 0.412. The first-order valence-electron chi connectivity index (χ1n) is 6.81. The number of rotatable bonds is 8. The fourth-order valence-electron chi connectivity index (χ4n) is 1.74. The predicted molar refractivity (Wildman–Crippen MR) is 79.8 cm³/mol. The maximum atomic E-state index is 9.52. The number of allylic oxidation sites excluding steroid dienone is 1. The minimum absolute atomic E-state index is 0.363. The van der Waals surface area contributed by atoms with Crippen molar-refractivity contribution in [3.63, 3.8) is 0 Å². The van der Waals surface area contributed by atoms with Crippen LogP contribution in [0.25, 0.3) is 0 Å². The van der Waals surface area contributed by atoms with E-state index in [1.165, 1.54) is 5.56 Å². The summed E-state index contributed by atoms with van der Waals surface area (Å²) in [4.78, 5) is 0. The van der Waals surface area contributed by atoms with E-state index in [0.717, 1.165) is 0 Å². The summed E-state index contributed by atoms with van der Waals surface area (Å²) in [6.07, 6.45) is 8.05. The van der Waals surface area contributed by atoms with E-state index in [1.807, 2.05) is 37.3 Å². The normalized spacial score (nSPS) is 15.1. The highest BCUT2D eigenvalue weighted by Gasteiger charge is 1.99. The molecule has 0 bridgehead atoms. The van der Waals surface area contributed by atoms with Gasteiger partial charge in [0.25, 0.3) is 0 Å². The number of hydrogen-bond donors (Lipinski definition) is 1. The van der Waals surface area contributed by atoms with E-state index in [0.29, 0.717) is 25.6 Å². The van der Waals surface area contributed by atoms with Crippen molar-refractivity contribution in [1.29, 1.82) is 0 Å². The van der Waals surface area contributed by atoms with E-state index in [-0.39, 0.29) is 6.10 Å². The van der Waals surface area contributed by atoms with Gasteiger partial charge in [0, 0.05) is 0 Å². The molecule has 0 aliphatic carbocycles. The Labute approximate surface area is 116 Å². The van der Waals surface area contributed by atoms with Crippen molar-refractivity contribution in [2.24, 2.45) is 5.92 Å². The van der Waals surface area contributed by atoms with Gasteiger partial charge in [0.1, 0.15) is 0 Å². The Kier molecular flexibility index (Phi) is 7.87. The predicted octanol–water partition coefficient (Wildman–Crippen LogP) is 3.72. The van der Waals surface area contributed by atoms with Gasteiger partial charge in [0.05, 0.1) is 19.3 Å². The largest absolute Gasteiger partial charge is 0.389 e. The molecule has 0 aromatic heterocycles. The number of aliphatic hydroxyl groups excluding tert-OH is 1. The van der Waals surface area contributed by atoms with Crippen molar-refractivity contribution < 1.29 is 9.84 Å². The van der Waals surface area contributed by atoms with Gasteiger partial charge in [0.2, 0.25) is 0 Å². The van der Waals surface area contributed by atoms with E-state index in [9.17, 15) is 5.11 Å². The molecule has 0 amide bonds. The summed E-state index contributed by atoms with van der Waals surface area (Å²) in [7, 11) is 0. The Balaban J connectivity index is 2.17. The molecule has 1 rings (SSSR count). The minimum atomic E-state index is -0.376. The number of aliphatic hydroxyl groups is 1. The van der Waals surface area contributed by atoms with Crippen LogP contribution in [-0.4, -0.2) is 17.8 Å². The molecule has 0 aliphatic rings. The summed E-state index contributed by atoms with van der Waals surface area (Å²) >= 11 is 0. The lowest BCUT2D eigenvalue weighted by atomic mass is 10.1. The highest BCUT2D eigenvalue weighted by Crippen LogP contribution is 2.05. The summed E-state index contributed by atoms with van der Waals surface area (Å²) in [5, 5.41) is 9.52. The molecule has 0 aliphatic heterocycles. The summed E-state index contributed by atoms with van der Waals surface area (Å²) in [5.41, 5.74) is 1.20. The van der Waals surface area contributed by atoms with Gasteiger partial charge in [-0.2, -0.15) is 0 Å². The van der Waals surface area contributed by atoms with Gasteiger partial charge in [-0.3, -0.25) is 0 Å². The van der Waals surface area contributed by atoms with Crippen LogP contribution in [0.15, 0.2) is 54.6 Å². The van der Waals surface area contributed by atoms with Crippen LogP contribution in [0.3, 0.4) is 0 Å². The average molecular weight is 260 g/mol. The van der Waals surface area contributed by atoms with Gasteiger partial charge < -0.3 is 9.84 Å². The van der Waals surface area contributed by atoms with Crippen LogP contribution in [-0.2, 0) is 11.3 Å². The molecule has 104 valence electrons. The van der Waals surface area contributed by atoms with Gasteiger partial charge >= 0.3 is 0 Å². The summed E-state index contributed by atoms with van der Waals surface area (Å²) in [5.74, 6) is 0.363. The molecular formula is C17H24O2. The standard InChI is InChI=1S/C17H24O2/c1-3-8-17(18)12-7-9-15(2)13-19-14-16-10-5-4-6-11-16/h3-11,15,17-18H,12-14H2,1-2H3/b8-3+,9-7+/t15-,17+/m0/s1. The first-order valence-corrected chi connectivity index (χ1v) is 6.81. The molecule has 0 heterocycles. The van der Waals surface area contributed by atoms with Gasteiger partial charge in [-0.15, -0.1) is 0 Å². The molecular weight excluding hydrogens is 236 g/mol. The quantitative estimate of drug-likeness (QED) is 0.722. The van der Waals surface area contributed by atoms with Crippen LogP contribution >= 0.6 is 0 Å². The van der Waals surface area contributed by atoms with Crippen LogP contribution in [0.1, 0.15) is 25.8 Å². The van der Waals surface area contributed by atoms with E-state index in [2.05, 4.69) is 25.1 Å². The van der Waals surface area contributed by atoms with Crippen molar-refractivity contribution >= 4 is 0 Å². The second kappa shape index (κ2) is 9.54. The zero-order valence-corrected chi connectivity index (χ0v) is 11.8. The van der Waals surface area contributed by atoms with Crippen LogP contribution in [0, 0.1) is 5.92 Å². The van der Waals surface area contributed by atoms with Crippen LogP contribution in [0.2, 0.25) is 0 Å². The third-order valence-electron chi connectivity index (χ3n) is 2.75. The monoisotopic (exact) mass is 260 g/mol. The first kappa shape index (κ1) is 15.7. The minimum Gasteiger partial charge on any atom is -0.389 e. The molecule has 2 atom stereocenters. The molecule has 0 fully saturated rings. The van der Waals surface area contributed by atoms with Crippen molar-refractivity contribution in [2.75, 3.05) is 6.61 Å². The molecule has 1 aromatic carbocycles. The summed E-state index contributed by atoms with van der Waals surface area (Å²) in [6.45, 7) is 5.38. The third-order valence-corrected chi connectivity index (χ3v) is 2.75. The Hall–Kier alpha value is -1.38. The van der Waals surface area contributed by atoms with Crippen LogP contribution < -0.4 is 0 Å². The number of hydrogen-bond acceptors (Lipinski definition) is 2. The van der Waals surface area contributed by atoms with Crippen LogP contribution in [0.4, 0.5) is 0 Å². The highest BCUT2D eigenvalue weighted by molar-refractivity contribution is 5.13. The van der Waals surface area contributed by atoms with Gasteiger partial charge in [0.15, 0.2) is 0 Å². The Morgan fingerprint density at radius 3 is 2.63 bits per heavy atom. The lowest BCUT2D eigenvalue weighted by molar-refractivity contribution is 0.104. The zero-order valence-electron chi connectivity index (χ0n) is 11.8. The Morgan fingerprint density at radius 2 is 1.95 bits per heavy atom. The lowest BCUT2D eigenvalue weighted by Gasteiger charge is -2.08. The molecule has 0 saturated heterocycles. The first-order chi connectivity index (χ1) is 9.22. The summed E-state index contributed by atoms with van der Waals surface area (Å²) < 4.78 is 5.66. The SMILES string of the molecule is C/C=C/[C@@H](O)C/C=C/[C@H](C)COCc1ccccc1. The number of ether oxygens (including phenoxy) is 1. The fourth-order valence-corrected chi connectivity index (χ4v) is 1.74. The van der Waals surface area contributed by atoms with Gasteiger partial charge in [-0.25, -0.2) is 0 Å². The lowest BCUT2D eigenvalue weighted by Crippen LogP contribution is -2.04.